The Morgan fingerprint density at radius 2 is 1.33 bits per heavy atom. The summed E-state index contributed by atoms with van der Waals surface area (Å²) in [6.07, 6.45) is 1.49. The zero-order valence-electron chi connectivity index (χ0n) is 12.5. The molecule has 0 aliphatic heterocycles. The predicted octanol–water partition coefficient (Wildman–Crippen LogP) is 5.06. The van der Waals surface area contributed by atoms with E-state index < -0.39 is 0 Å². The van der Waals surface area contributed by atoms with Crippen LogP contribution in [0.15, 0.2) is 70.7 Å². The molecule has 0 spiro atoms. The van der Waals surface area contributed by atoms with Gasteiger partial charge in [-0.1, -0.05) is 48.0 Å². The molecule has 0 N–H and O–H groups in total. The lowest BCUT2D eigenvalue weighted by molar-refractivity contribution is 0.0990. The molecule has 1 aliphatic carbocycles. The lowest BCUT2D eigenvalue weighted by Crippen LogP contribution is -1.99. The second-order valence-electron chi connectivity index (χ2n) is 5.44. The Bertz CT molecular complexity index is 974. The third-order valence-electron chi connectivity index (χ3n) is 3.96. The minimum Gasteiger partial charge on any atom is -0.457 e. The van der Waals surface area contributed by atoms with Gasteiger partial charge in [-0.2, -0.15) is 0 Å². The fourth-order valence-corrected chi connectivity index (χ4v) is 3.01. The number of halogens is 1. The third kappa shape index (κ3) is 2.30. The van der Waals surface area contributed by atoms with Gasteiger partial charge in [-0.15, -0.1) is 0 Å². The summed E-state index contributed by atoms with van der Waals surface area (Å²) in [4.78, 5) is 24.8. The highest BCUT2D eigenvalue weighted by Gasteiger charge is 2.32. The lowest BCUT2D eigenvalue weighted by atomic mass is 10.1. The Hall–Kier alpha value is -2.91. The number of carbonyl (C=O) groups excluding carboxylic acids is 2. The summed E-state index contributed by atoms with van der Waals surface area (Å²) in [5, 5.41) is 0.575. The molecule has 0 radical (unpaired) electrons. The SMILES string of the molecule is O=C1C(=Cc2ccc(-c3ccccc3Cl)o2)C(=O)c2ccccc21. The van der Waals surface area contributed by atoms with Gasteiger partial charge in [-0.25, -0.2) is 0 Å². The molecule has 1 heterocycles. The highest BCUT2D eigenvalue weighted by molar-refractivity contribution is 6.41. The Balaban J connectivity index is 1.72. The molecule has 3 nitrogen and oxygen atoms in total. The van der Waals surface area contributed by atoms with E-state index in [9.17, 15) is 9.59 Å². The van der Waals surface area contributed by atoms with Crippen molar-refractivity contribution in [2.45, 2.75) is 0 Å². The lowest BCUT2D eigenvalue weighted by Gasteiger charge is -1.99. The standard InChI is InChI=1S/C20H11ClO3/c21-17-8-4-3-7-15(17)18-10-9-12(24-18)11-16-19(22)13-5-1-2-6-14(13)20(16)23/h1-11H. The monoisotopic (exact) mass is 334 g/mol. The van der Waals surface area contributed by atoms with Gasteiger partial charge in [-0.3, -0.25) is 9.59 Å². The van der Waals surface area contributed by atoms with Gasteiger partial charge in [-0.05, 0) is 30.3 Å². The topological polar surface area (TPSA) is 47.3 Å². The summed E-state index contributed by atoms with van der Waals surface area (Å²) in [5.74, 6) is 0.481. The van der Waals surface area contributed by atoms with Gasteiger partial charge in [0.2, 0.25) is 0 Å². The largest absolute Gasteiger partial charge is 0.457 e. The van der Waals surface area contributed by atoms with Crippen LogP contribution >= 0.6 is 11.6 Å². The molecule has 4 heteroatoms. The summed E-state index contributed by atoms with van der Waals surface area (Å²) in [7, 11) is 0. The normalized spacial score (nSPS) is 13.3. The molecule has 116 valence electrons. The molecule has 3 aromatic rings. The van der Waals surface area contributed by atoms with E-state index in [-0.39, 0.29) is 17.1 Å². The first-order valence-corrected chi connectivity index (χ1v) is 7.78. The van der Waals surface area contributed by atoms with Gasteiger partial charge >= 0.3 is 0 Å². The molecule has 24 heavy (non-hydrogen) atoms. The molecule has 0 saturated carbocycles. The van der Waals surface area contributed by atoms with Gasteiger partial charge < -0.3 is 4.42 Å². The summed E-state index contributed by atoms with van der Waals surface area (Å²) >= 11 is 6.16. The Morgan fingerprint density at radius 3 is 1.96 bits per heavy atom. The number of hydrogen-bond acceptors (Lipinski definition) is 3. The maximum atomic E-state index is 12.4. The minimum atomic E-state index is -0.272. The van der Waals surface area contributed by atoms with Crippen LogP contribution in [0.1, 0.15) is 26.5 Å². The van der Waals surface area contributed by atoms with E-state index in [1.165, 1.54) is 6.08 Å². The molecule has 0 bridgehead atoms. The van der Waals surface area contributed by atoms with Crippen molar-refractivity contribution in [1.29, 1.82) is 0 Å². The number of rotatable bonds is 2. The summed E-state index contributed by atoms with van der Waals surface area (Å²) in [6.45, 7) is 0. The van der Waals surface area contributed by atoms with E-state index in [4.69, 9.17) is 16.0 Å². The van der Waals surface area contributed by atoms with E-state index >= 15 is 0 Å². The molecule has 0 fully saturated rings. The maximum Gasteiger partial charge on any atom is 0.197 e. The smallest absolute Gasteiger partial charge is 0.197 e. The van der Waals surface area contributed by atoms with Gasteiger partial charge in [0, 0.05) is 16.7 Å². The van der Waals surface area contributed by atoms with Gasteiger partial charge in [0.15, 0.2) is 11.6 Å². The third-order valence-corrected chi connectivity index (χ3v) is 4.29. The fraction of sp³-hybridized carbons (Fsp3) is 0. The minimum absolute atomic E-state index is 0.122. The zero-order valence-corrected chi connectivity index (χ0v) is 13.2. The number of furan rings is 1. The first-order chi connectivity index (χ1) is 11.6. The number of fused-ring (bicyclic) bond motifs is 1. The van der Waals surface area contributed by atoms with Crippen LogP contribution in [0.3, 0.4) is 0 Å². The molecule has 0 amide bonds. The fourth-order valence-electron chi connectivity index (χ4n) is 2.78. The van der Waals surface area contributed by atoms with Crippen molar-refractivity contribution in [3.05, 3.63) is 88.1 Å². The number of Topliss-reactive ketones (excluding diaryl/α,β-unsaturated/α-hetero) is 2. The van der Waals surface area contributed by atoms with E-state index in [0.717, 1.165) is 5.56 Å². The van der Waals surface area contributed by atoms with E-state index in [0.29, 0.717) is 27.7 Å². The molecule has 0 atom stereocenters. The van der Waals surface area contributed by atoms with Crippen molar-refractivity contribution in [3.63, 3.8) is 0 Å². The van der Waals surface area contributed by atoms with Crippen molar-refractivity contribution in [1.82, 2.24) is 0 Å². The molecule has 2 aromatic carbocycles. The predicted molar refractivity (Wildman–Crippen MR) is 92.2 cm³/mol. The van der Waals surface area contributed by atoms with Crippen LogP contribution in [0.25, 0.3) is 17.4 Å². The van der Waals surface area contributed by atoms with Crippen LogP contribution in [-0.4, -0.2) is 11.6 Å². The van der Waals surface area contributed by atoms with E-state index in [1.807, 2.05) is 18.2 Å². The van der Waals surface area contributed by atoms with E-state index in [2.05, 4.69) is 0 Å². The molecular formula is C20H11ClO3. The average Bonchev–Trinajstić information content (AvgIpc) is 3.15. The van der Waals surface area contributed by atoms with Crippen molar-refractivity contribution in [3.8, 4) is 11.3 Å². The van der Waals surface area contributed by atoms with Gasteiger partial charge in [0.05, 0.1) is 10.6 Å². The molecular weight excluding hydrogens is 324 g/mol. The number of ketones is 2. The molecule has 0 unspecified atom stereocenters. The maximum absolute atomic E-state index is 12.4. The van der Waals surface area contributed by atoms with Crippen molar-refractivity contribution in [2.75, 3.05) is 0 Å². The quantitative estimate of drug-likeness (QED) is 0.486. The van der Waals surface area contributed by atoms with Crippen LogP contribution < -0.4 is 0 Å². The van der Waals surface area contributed by atoms with Crippen molar-refractivity contribution >= 4 is 29.2 Å². The van der Waals surface area contributed by atoms with Crippen LogP contribution in [0.2, 0.25) is 5.02 Å². The number of allylic oxidation sites excluding steroid dienone is 1. The average molecular weight is 335 g/mol. The van der Waals surface area contributed by atoms with Crippen LogP contribution in [0.4, 0.5) is 0 Å². The molecule has 4 rings (SSSR count). The van der Waals surface area contributed by atoms with Gasteiger partial charge in [0.25, 0.3) is 0 Å². The summed E-state index contributed by atoms with van der Waals surface area (Å²) in [6, 6.07) is 17.6. The zero-order chi connectivity index (χ0) is 16.7. The van der Waals surface area contributed by atoms with E-state index in [1.54, 1.807) is 42.5 Å². The molecule has 0 saturated heterocycles. The number of benzene rings is 2. The van der Waals surface area contributed by atoms with Crippen LogP contribution in [0, 0.1) is 0 Å². The molecule has 1 aliphatic rings. The number of hydrogen-bond donors (Lipinski definition) is 0. The van der Waals surface area contributed by atoms with Crippen LogP contribution in [0.5, 0.6) is 0 Å². The Kier molecular flexibility index (Phi) is 3.44. The highest BCUT2D eigenvalue weighted by atomic mass is 35.5. The molecule has 1 aromatic heterocycles. The van der Waals surface area contributed by atoms with Crippen molar-refractivity contribution < 1.29 is 14.0 Å². The Morgan fingerprint density at radius 1 is 0.750 bits per heavy atom. The first kappa shape index (κ1) is 14.7. The Labute approximate surface area is 143 Å². The number of carbonyl (C=O) groups is 2. The second-order valence-corrected chi connectivity index (χ2v) is 5.85. The van der Waals surface area contributed by atoms with Crippen molar-refractivity contribution in [2.24, 2.45) is 0 Å². The highest BCUT2D eigenvalue weighted by Crippen LogP contribution is 2.31. The first-order valence-electron chi connectivity index (χ1n) is 7.40. The van der Waals surface area contributed by atoms with Gasteiger partial charge in [0.1, 0.15) is 11.5 Å². The second kappa shape index (κ2) is 5.62. The summed E-state index contributed by atoms with van der Waals surface area (Å²) < 4.78 is 5.74. The van der Waals surface area contributed by atoms with Crippen LogP contribution in [-0.2, 0) is 0 Å². The summed E-state index contributed by atoms with van der Waals surface area (Å²) in [5.41, 5.74) is 1.76.